The number of rotatable bonds is 4. The summed E-state index contributed by atoms with van der Waals surface area (Å²) in [6.45, 7) is 4.95. The van der Waals surface area contributed by atoms with E-state index in [2.05, 4.69) is 27.3 Å². The molecule has 0 amide bonds. The Kier molecular flexibility index (Phi) is 2.96. The van der Waals surface area contributed by atoms with Crippen molar-refractivity contribution < 1.29 is 0 Å². The highest BCUT2D eigenvalue weighted by atomic mass is 15.3. The first-order valence-corrected chi connectivity index (χ1v) is 5.64. The molecule has 0 unspecified atom stereocenters. The van der Waals surface area contributed by atoms with Gasteiger partial charge in [-0.25, -0.2) is 15.8 Å². The summed E-state index contributed by atoms with van der Waals surface area (Å²) >= 11 is 0. The first kappa shape index (κ1) is 11.1. The highest BCUT2D eigenvalue weighted by molar-refractivity contribution is 5.57. The lowest BCUT2D eigenvalue weighted by atomic mass is 10.2. The van der Waals surface area contributed by atoms with Crippen LogP contribution < -0.4 is 16.2 Å². The topological polar surface area (TPSA) is 67.1 Å². The Labute approximate surface area is 96.0 Å². The molecule has 1 aliphatic carbocycles. The second-order valence-corrected chi connectivity index (χ2v) is 4.54. The van der Waals surface area contributed by atoms with Gasteiger partial charge in [-0.3, -0.25) is 0 Å². The van der Waals surface area contributed by atoms with Crippen LogP contribution in [0.1, 0.15) is 24.2 Å². The van der Waals surface area contributed by atoms with Crippen LogP contribution >= 0.6 is 0 Å². The number of anilines is 2. The lowest BCUT2D eigenvalue weighted by Gasteiger charge is -2.21. The van der Waals surface area contributed by atoms with Crippen LogP contribution in [0, 0.1) is 19.8 Å². The molecule has 16 heavy (non-hydrogen) atoms. The van der Waals surface area contributed by atoms with Crippen molar-refractivity contribution in [1.29, 1.82) is 0 Å². The van der Waals surface area contributed by atoms with Crippen LogP contribution in [0.5, 0.6) is 0 Å². The maximum absolute atomic E-state index is 5.44. The SMILES string of the molecule is Cc1nc(NN)c(C)c(N(C)CC2CC2)n1. The van der Waals surface area contributed by atoms with Crippen LogP contribution in [0.4, 0.5) is 11.6 Å². The lowest BCUT2D eigenvalue weighted by Crippen LogP contribution is -2.24. The van der Waals surface area contributed by atoms with Crippen LogP contribution in [-0.4, -0.2) is 23.6 Å². The van der Waals surface area contributed by atoms with Crippen molar-refractivity contribution in [3.8, 4) is 0 Å². The smallest absolute Gasteiger partial charge is 0.148 e. The molecular weight excluding hydrogens is 202 g/mol. The zero-order chi connectivity index (χ0) is 11.7. The van der Waals surface area contributed by atoms with Gasteiger partial charge >= 0.3 is 0 Å². The normalized spacial score (nSPS) is 15.0. The quantitative estimate of drug-likeness (QED) is 0.591. The molecule has 88 valence electrons. The van der Waals surface area contributed by atoms with Gasteiger partial charge < -0.3 is 10.3 Å². The van der Waals surface area contributed by atoms with E-state index in [1.165, 1.54) is 12.8 Å². The maximum atomic E-state index is 5.44. The Morgan fingerprint density at radius 3 is 2.62 bits per heavy atom. The van der Waals surface area contributed by atoms with Crippen LogP contribution in [0.2, 0.25) is 0 Å². The fourth-order valence-electron chi connectivity index (χ4n) is 1.90. The second kappa shape index (κ2) is 4.25. The number of hydrogen-bond acceptors (Lipinski definition) is 5. The van der Waals surface area contributed by atoms with E-state index in [9.17, 15) is 0 Å². The molecule has 0 saturated heterocycles. The van der Waals surface area contributed by atoms with E-state index < -0.39 is 0 Å². The third kappa shape index (κ3) is 2.24. The molecule has 2 rings (SSSR count). The molecule has 5 heteroatoms. The molecule has 0 bridgehead atoms. The molecular formula is C11H19N5. The van der Waals surface area contributed by atoms with Gasteiger partial charge in [0.15, 0.2) is 0 Å². The molecule has 0 atom stereocenters. The number of hydrogen-bond donors (Lipinski definition) is 2. The first-order valence-electron chi connectivity index (χ1n) is 5.64. The standard InChI is InChI=1S/C11H19N5/c1-7-10(15-12)13-8(2)14-11(7)16(3)6-9-4-5-9/h9H,4-6,12H2,1-3H3,(H,13,14,15). The van der Waals surface area contributed by atoms with Crippen LogP contribution in [0.15, 0.2) is 0 Å². The number of nitrogens with one attached hydrogen (secondary N) is 1. The minimum Gasteiger partial charge on any atom is -0.359 e. The van der Waals surface area contributed by atoms with E-state index in [-0.39, 0.29) is 0 Å². The third-order valence-corrected chi connectivity index (χ3v) is 2.96. The van der Waals surface area contributed by atoms with E-state index in [0.29, 0.717) is 5.82 Å². The summed E-state index contributed by atoms with van der Waals surface area (Å²) < 4.78 is 0. The zero-order valence-electron chi connectivity index (χ0n) is 10.1. The van der Waals surface area contributed by atoms with Crippen molar-refractivity contribution in [3.63, 3.8) is 0 Å². The highest BCUT2D eigenvalue weighted by Crippen LogP contribution is 2.31. The predicted octanol–water partition coefficient (Wildman–Crippen LogP) is 1.23. The van der Waals surface area contributed by atoms with Crippen molar-refractivity contribution in [2.24, 2.45) is 11.8 Å². The van der Waals surface area contributed by atoms with Crippen molar-refractivity contribution in [3.05, 3.63) is 11.4 Å². The molecule has 5 nitrogen and oxygen atoms in total. The summed E-state index contributed by atoms with van der Waals surface area (Å²) in [7, 11) is 2.08. The minimum absolute atomic E-state index is 0.713. The number of aryl methyl sites for hydroxylation is 1. The fourth-order valence-corrected chi connectivity index (χ4v) is 1.90. The zero-order valence-corrected chi connectivity index (χ0v) is 10.1. The van der Waals surface area contributed by atoms with Gasteiger partial charge in [-0.15, -0.1) is 0 Å². The maximum Gasteiger partial charge on any atom is 0.148 e. The Bertz CT molecular complexity index is 386. The summed E-state index contributed by atoms with van der Waals surface area (Å²) in [6, 6.07) is 0. The first-order chi connectivity index (χ1) is 7.61. The lowest BCUT2D eigenvalue weighted by molar-refractivity contribution is 0.769. The summed E-state index contributed by atoms with van der Waals surface area (Å²) in [5.74, 6) is 8.72. The monoisotopic (exact) mass is 221 g/mol. The van der Waals surface area contributed by atoms with Gasteiger partial charge in [0.1, 0.15) is 17.5 Å². The Morgan fingerprint density at radius 2 is 2.06 bits per heavy atom. The molecule has 1 aromatic rings. The second-order valence-electron chi connectivity index (χ2n) is 4.54. The average Bonchev–Trinajstić information content (AvgIpc) is 3.04. The minimum atomic E-state index is 0.713. The highest BCUT2D eigenvalue weighted by Gasteiger charge is 2.24. The molecule has 0 spiro atoms. The number of aromatic nitrogens is 2. The summed E-state index contributed by atoms with van der Waals surface area (Å²) in [6.07, 6.45) is 2.69. The van der Waals surface area contributed by atoms with Gasteiger partial charge in [0, 0.05) is 19.2 Å². The van der Waals surface area contributed by atoms with Crippen molar-refractivity contribution in [2.45, 2.75) is 26.7 Å². The number of nitrogens with two attached hydrogens (primary N) is 1. The van der Waals surface area contributed by atoms with Gasteiger partial charge in [0.2, 0.25) is 0 Å². The average molecular weight is 221 g/mol. The largest absolute Gasteiger partial charge is 0.359 e. The predicted molar refractivity (Wildman–Crippen MR) is 65.3 cm³/mol. The van der Waals surface area contributed by atoms with Crippen molar-refractivity contribution in [1.82, 2.24) is 9.97 Å². The van der Waals surface area contributed by atoms with Crippen LogP contribution in [0.3, 0.4) is 0 Å². The third-order valence-electron chi connectivity index (χ3n) is 2.96. The molecule has 0 radical (unpaired) electrons. The fraction of sp³-hybridized carbons (Fsp3) is 0.636. The van der Waals surface area contributed by atoms with E-state index in [4.69, 9.17) is 5.84 Å². The van der Waals surface area contributed by atoms with E-state index >= 15 is 0 Å². The van der Waals surface area contributed by atoms with Crippen molar-refractivity contribution in [2.75, 3.05) is 23.9 Å². The van der Waals surface area contributed by atoms with Gasteiger partial charge in [-0.1, -0.05) is 0 Å². The molecule has 1 fully saturated rings. The van der Waals surface area contributed by atoms with Gasteiger partial charge in [0.05, 0.1) is 0 Å². The van der Waals surface area contributed by atoms with Gasteiger partial charge in [-0.2, -0.15) is 0 Å². The van der Waals surface area contributed by atoms with Gasteiger partial charge in [-0.05, 0) is 32.6 Å². The molecule has 0 aliphatic heterocycles. The number of nitrogens with zero attached hydrogens (tertiary/aromatic N) is 3. The molecule has 0 aromatic carbocycles. The molecule has 3 N–H and O–H groups in total. The van der Waals surface area contributed by atoms with E-state index in [1.54, 1.807) is 0 Å². The number of nitrogen functional groups attached to an aromatic ring is 1. The Hall–Kier alpha value is -1.36. The van der Waals surface area contributed by atoms with Gasteiger partial charge in [0.25, 0.3) is 0 Å². The van der Waals surface area contributed by atoms with E-state index in [1.807, 2.05) is 13.8 Å². The van der Waals surface area contributed by atoms with Crippen LogP contribution in [0.25, 0.3) is 0 Å². The van der Waals surface area contributed by atoms with Crippen LogP contribution in [-0.2, 0) is 0 Å². The van der Waals surface area contributed by atoms with E-state index in [0.717, 1.165) is 29.7 Å². The molecule has 1 saturated carbocycles. The summed E-state index contributed by atoms with van der Waals surface area (Å²) in [5.41, 5.74) is 3.63. The summed E-state index contributed by atoms with van der Waals surface area (Å²) in [5, 5.41) is 0. The molecule has 1 aromatic heterocycles. The number of hydrazine groups is 1. The molecule has 1 heterocycles. The Balaban J connectivity index is 2.26. The Morgan fingerprint density at radius 1 is 1.38 bits per heavy atom. The van der Waals surface area contributed by atoms with Crippen molar-refractivity contribution >= 4 is 11.6 Å². The molecule has 1 aliphatic rings. The summed E-state index contributed by atoms with van der Waals surface area (Å²) in [4.78, 5) is 10.9.